The molecule has 0 atom stereocenters. The third-order valence-electron chi connectivity index (χ3n) is 2.09. The first-order valence-electron chi connectivity index (χ1n) is 5.30. The first kappa shape index (κ1) is 14.0. The topological polar surface area (TPSA) is 92.6 Å². The minimum atomic E-state index is -0.529. The van der Waals surface area contributed by atoms with Crippen LogP contribution in [0.25, 0.3) is 0 Å². The smallest absolute Gasteiger partial charge is 0.163 e. The second kappa shape index (κ2) is 6.64. The van der Waals surface area contributed by atoms with Crippen molar-refractivity contribution in [2.75, 3.05) is 11.9 Å². The van der Waals surface area contributed by atoms with E-state index in [0.717, 1.165) is 6.07 Å². The highest BCUT2D eigenvalue weighted by Crippen LogP contribution is 2.27. The third kappa shape index (κ3) is 3.46. The van der Waals surface area contributed by atoms with Crippen LogP contribution in [0, 0.1) is 39.8 Å². The second-order valence-electron chi connectivity index (χ2n) is 3.28. The van der Waals surface area contributed by atoms with Crippen molar-refractivity contribution < 1.29 is 9.13 Å². The first-order chi connectivity index (χ1) is 9.15. The predicted octanol–water partition coefficient (Wildman–Crippen LogP) is 2.46. The summed E-state index contributed by atoms with van der Waals surface area (Å²) in [4.78, 5) is 0. The zero-order valence-corrected chi connectivity index (χ0v) is 10.1. The summed E-state index contributed by atoms with van der Waals surface area (Å²) < 4.78 is 18.4. The Kier molecular flexibility index (Phi) is 4.90. The Morgan fingerprint density at radius 2 is 1.95 bits per heavy atom. The van der Waals surface area contributed by atoms with Crippen LogP contribution >= 0.6 is 0 Å². The molecule has 0 aromatic heterocycles. The number of hydrogen-bond acceptors (Lipinski definition) is 5. The second-order valence-corrected chi connectivity index (χ2v) is 3.28. The van der Waals surface area contributed by atoms with E-state index in [0.29, 0.717) is 12.4 Å². The summed E-state index contributed by atoms with van der Waals surface area (Å²) in [5.41, 5.74) is -0.452. The predicted molar refractivity (Wildman–Crippen MR) is 65.1 cm³/mol. The van der Waals surface area contributed by atoms with Crippen LogP contribution in [0.1, 0.15) is 6.92 Å². The van der Waals surface area contributed by atoms with Gasteiger partial charge in [0.25, 0.3) is 0 Å². The fourth-order valence-corrected chi connectivity index (χ4v) is 1.30. The molecular formula is C13H9FN4O. The van der Waals surface area contributed by atoms with Gasteiger partial charge in [0.1, 0.15) is 35.5 Å². The maximum Gasteiger partial charge on any atom is 0.163 e. The zero-order chi connectivity index (χ0) is 14.3. The van der Waals surface area contributed by atoms with Crippen molar-refractivity contribution in [3.8, 4) is 24.0 Å². The van der Waals surface area contributed by atoms with Crippen LogP contribution in [0.4, 0.5) is 10.1 Å². The number of nitrogens with one attached hydrogen (secondary N) is 1. The summed E-state index contributed by atoms with van der Waals surface area (Å²) in [5, 5.41) is 28.8. The zero-order valence-electron chi connectivity index (χ0n) is 10.1. The average molecular weight is 256 g/mol. The Morgan fingerprint density at radius 1 is 1.26 bits per heavy atom. The minimum Gasteiger partial charge on any atom is -0.492 e. The summed E-state index contributed by atoms with van der Waals surface area (Å²) >= 11 is 0. The van der Waals surface area contributed by atoms with Gasteiger partial charge in [0.05, 0.1) is 12.3 Å². The lowest BCUT2D eigenvalue weighted by Crippen LogP contribution is -2.04. The number of anilines is 1. The highest BCUT2D eigenvalue weighted by Gasteiger charge is 2.10. The van der Waals surface area contributed by atoms with Crippen LogP contribution in [0.5, 0.6) is 5.75 Å². The summed E-state index contributed by atoms with van der Waals surface area (Å²) in [6, 6.07) is 8.59. The van der Waals surface area contributed by atoms with Gasteiger partial charge in [-0.15, -0.1) is 0 Å². The maximum atomic E-state index is 13.2. The fraction of sp³-hybridized carbons (Fsp3) is 0.154. The number of rotatable bonds is 4. The Labute approximate surface area is 109 Å². The molecule has 19 heavy (non-hydrogen) atoms. The molecule has 1 aromatic rings. The van der Waals surface area contributed by atoms with Crippen molar-refractivity contribution in [3.05, 3.63) is 35.3 Å². The van der Waals surface area contributed by atoms with E-state index in [-0.39, 0.29) is 17.0 Å². The summed E-state index contributed by atoms with van der Waals surface area (Å²) in [7, 11) is 0. The molecule has 0 saturated heterocycles. The lowest BCUT2D eigenvalue weighted by molar-refractivity contribution is 0.341. The van der Waals surface area contributed by atoms with Crippen molar-refractivity contribution >= 4 is 5.69 Å². The quantitative estimate of drug-likeness (QED) is 0.835. The number of nitriles is 3. The summed E-state index contributed by atoms with van der Waals surface area (Å²) in [6.07, 6.45) is 0. The van der Waals surface area contributed by atoms with E-state index in [1.54, 1.807) is 25.1 Å². The molecule has 0 fully saturated rings. The van der Waals surface area contributed by atoms with Gasteiger partial charge >= 0.3 is 0 Å². The van der Waals surface area contributed by atoms with E-state index in [9.17, 15) is 4.39 Å². The normalized spacial score (nSPS) is 8.58. The van der Waals surface area contributed by atoms with Crippen molar-refractivity contribution in [1.29, 1.82) is 15.8 Å². The Balaban J connectivity index is 3.22. The number of halogens is 1. The molecule has 0 amide bonds. The van der Waals surface area contributed by atoms with Crippen LogP contribution in [-0.4, -0.2) is 6.61 Å². The molecular weight excluding hydrogens is 247 g/mol. The molecule has 0 saturated carbocycles. The van der Waals surface area contributed by atoms with Crippen LogP contribution in [0.2, 0.25) is 0 Å². The van der Waals surface area contributed by atoms with Gasteiger partial charge in [0, 0.05) is 6.07 Å². The van der Waals surface area contributed by atoms with Crippen LogP contribution < -0.4 is 10.1 Å². The molecule has 0 unspecified atom stereocenters. The van der Waals surface area contributed by atoms with E-state index >= 15 is 0 Å². The molecule has 6 heteroatoms. The highest BCUT2D eigenvalue weighted by atomic mass is 19.1. The van der Waals surface area contributed by atoms with E-state index < -0.39 is 5.82 Å². The lowest BCUT2D eigenvalue weighted by Gasteiger charge is -2.11. The van der Waals surface area contributed by atoms with Crippen molar-refractivity contribution in [3.63, 3.8) is 0 Å². The monoisotopic (exact) mass is 256 g/mol. The van der Waals surface area contributed by atoms with E-state index in [1.165, 1.54) is 12.1 Å². The molecule has 0 spiro atoms. The minimum absolute atomic E-state index is 0.182. The molecule has 5 nitrogen and oxygen atoms in total. The molecule has 0 aliphatic heterocycles. The van der Waals surface area contributed by atoms with Crippen molar-refractivity contribution in [1.82, 2.24) is 0 Å². The van der Waals surface area contributed by atoms with Gasteiger partial charge in [0.15, 0.2) is 5.57 Å². The molecule has 0 aliphatic carbocycles. The molecule has 0 aliphatic rings. The summed E-state index contributed by atoms with van der Waals surface area (Å²) in [6.45, 7) is 2.11. The van der Waals surface area contributed by atoms with E-state index in [4.69, 9.17) is 20.5 Å². The Bertz CT molecular complexity index is 616. The lowest BCUT2D eigenvalue weighted by atomic mass is 10.2. The molecule has 0 bridgehead atoms. The Hall–Kier alpha value is -3.04. The SMILES string of the molecule is CCOc1ccc(F)cc1NC(C#N)=C(C#N)C#N. The number of hydrogen-bond donors (Lipinski definition) is 1. The van der Waals surface area contributed by atoms with Gasteiger partial charge in [0.2, 0.25) is 0 Å². The number of nitrogens with zero attached hydrogens (tertiary/aromatic N) is 3. The standard InChI is InChI=1S/C13H9FN4O/c1-2-19-13-4-3-10(14)5-11(13)18-12(8-17)9(6-15)7-16/h3-5,18H,2H2,1H3. The van der Waals surface area contributed by atoms with E-state index in [2.05, 4.69) is 5.32 Å². The molecule has 0 radical (unpaired) electrons. The van der Waals surface area contributed by atoms with E-state index in [1.807, 2.05) is 0 Å². The summed E-state index contributed by atoms with van der Waals surface area (Å²) in [5.74, 6) is -0.203. The van der Waals surface area contributed by atoms with Gasteiger partial charge in [-0.2, -0.15) is 15.8 Å². The van der Waals surface area contributed by atoms with Gasteiger partial charge < -0.3 is 10.1 Å². The molecule has 0 heterocycles. The number of benzene rings is 1. The highest BCUT2D eigenvalue weighted by molar-refractivity contribution is 5.64. The third-order valence-corrected chi connectivity index (χ3v) is 2.09. The van der Waals surface area contributed by atoms with Crippen LogP contribution in [0.3, 0.4) is 0 Å². The Morgan fingerprint density at radius 3 is 2.47 bits per heavy atom. The van der Waals surface area contributed by atoms with Crippen molar-refractivity contribution in [2.45, 2.75) is 6.92 Å². The molecule has 1 rings (SSSR count). The van der Waals surface area contributed by atoms with Crippen LogP contribution in [-0.2, 0) is 0 Å². The number of allylic oxidation sites excluding steroid dienone is 2. The van der Waals surface area contributed by atoms with Crippen LogP contribution in [0.15, 0.2) is 29.5 Å². The first-order valence-corrected chi connectivity index (χ1v) is 5.30. The van der Waals surface area contributed by atoms with Gasteiger partial charge in [-0.25, -0.2) is 4.39 Å². The average Bonchev–Trinajstić information content (AvgIpc) is 2.42. The fourth-order valence-electron chi connectivity index (χ4n) is 1.30. The number of ether oxygens (including phenoxy) is 1. The molecule has 94 valence electrons. The van der Waals surface area contributed by atoms with Gasteiger partial charge in [-0.3, -0.25) is 0 Å². The largest absolute Gasteiger partial charge is 0.492 e. The molecule has 1 N–H and O–H groups in total. The van der Waals surface area contributed by atoms with Crippen molar-refractivity contribution in [2.24, 2.45) is 0 Å². The maximum absolute atomic E-state index is 13.2. The molecule has 1 aromatic carbocycles. The van der Waals surface area contributed by atoms with Gasteiger partial charge in [-0.1, -0.05) is 0 Å². The van der Waals surface area contributed by atoms with Gasteiger partial charge in [-0.05, 0) is 19.1 Å².